The number of nitrogens with zero attached hydrogens (tertiary/aromatic N) is 1. The average molecular weight is 499 g/mol. The number of anilines is 1. The molecule has 0 spiro atoms. The van der Waals surface area contributed by atoms with Gasteiger partial charge in [-0.05, 0) is 68.2 Å². The van der Waals surface area contributed by atoms with E-state index in [1.165, 1.54) is 5.39 Å². The first-order chi connectivity index (χ1) is 16.1. The molecule has 1 saturated heterocycles. The molecule has 0 unspecified atom stereocenters. The van der Waals surface area contributed by atoms with E-state index < -0.39 is 11.9 Å². The number of hydrogen-bond acceptors (Lipinski definition) is 3. The molecule has 1 heterocycles. The summed E-state index contributed by atoms with van der Waals surface area (Å²) in [6.07, 6.45) is 1.66. The van der Waals surface area contributed by atoms with Crippen molar-refractivity contribution < 1.29 is 14.3 Å². The summed E-state index contributed by atoms with van der Waals surface area (Å²) < 4.78 is 6.81. The van der Waals surface area contributed by atoms with Gasteiger partial charge in [0.2, 0.25) is 0 Å². The molecule has 0 bridgehead atoms. The summed E-state index contributed by atoms with van der Waals surface area (Å²) in [5, 5.41) is 4.99. The maximum absolute atomic E-state index is 12.8. The smallest absolute Gasteiger partial charge is 0.333 e. The fourth-order valence-electron chi connectivity index (χ4n) is 3.81. The number of rotatable bonds is 5. The lowest BCUT2D eigenvalue weighted by molar-refractivity contribution is -0.113. The van der Waals surface area contributed by atoms with Crippen LogP contribution in [0.4, 0.5) is 10.5 Å². The Kier molecular flexibility index (Phi) is 5.67. The molecule has 33 heavy (non-hydrogen) atoms. The zero-order chi connectivity index (χ0) is 22.8. The van der Waals surface area contributed by atoms with Gasteiger partial charge in [0.25, 0.3) is 5.91 Å². The van der Waals surface area contributed by atoms with E-state index in [2.05, 4.69) is 45.5 Å². The SMILES string of the molecule is O=C1N/C(=C/c2ccc(OCc3cccc4ccccc34)c(Br)c2)C(=O)N1c1ccccc1. The van der Waals surface area contributed by atoms with Crippen LogP contribution in [0.25, 0.3) is 16.8 Å². The predicted molar refractivity (Wildman–Crippen MR) is 133 cm³/mol. The number of fused-ring (bicyclic) bond motifs is 1. The number of halogens is 1. The summed E-state index contributed by atoms with van der Waals surface area (Å²) in [4.78, 5) is 26.2. The number of amides is 3. The highest BCUT2D eigenvalue weighted by molar-refractivity contribution is 9.10. The van der Waals surface area contributed by atoms with Crippen LogP contribution in [0.15, 0.2) is 101 Å². The lowest BCUT2D eigenvalue weighted by atomic mass is 10.1. The van der Waals surface area contributed by atoms with Crippen LogP contribution in [0.2, 0.25) is 0 Å². The summed E-state index contributed by atoms with van der Waals surface area (Å²) in [6, 6.07) is 28.3. The van der Waals surface area contributed by atoms with Gasteiger partial charge < -0.3 is 10.1 Å². The summed E-state index contributed by atoms with van der Waals surface area (Å²) in [5.74, 6) is 0.302. The molecule has 3 amide bonds. The molecule has 1 fully saturated rings. The molecule has 0 aromatic heterocycles. The summed E-state index contributed by atoms with van der Waals surface area (Å²) in [5.41, 5.74) is 2.62. The van der Waals surface area contributed by atoms with Crippen LogP contribution < -0.4 is 15.0 Å². The van der Waals surface area contributed by atoms with E-state index in [9.17, 15) is 9.59 Å². The lowest BCUT2D eigenvalue weighted by Gasteiger charge is -2.11. The van der Waals surface area contributed by atoms with Crippen LogP contribution in [0.1, 0.15) is 11.1 Å². The molecular weight excluding hydrogens is 480 g/mol. The van der Waals surface area contributed by atoms with Crippen molar-refractivity contribution in [3.8, 4) is 5.75 Å². The van der Waals surface area contributed by atoms with E-state index in [4.69, 9.17) is 4.74 Å². The fraction of sp³-hybridized carbons (Fsp3) is 0.0370. The Morgan fingerprint density at radius 3 is 2.45 bits per heavy atom. The molecule has 5 rings (SSSR count). The monoisotopic (exact) mass is 498 g/mol. The minimum Gasteiger partial charge on any atom is -0.488 e. The van der Waals surface area contributed by atoms with Crippen molar-refractivity contribution >= 4 is 50.4 Å². The summed E-state index contributed by atoms with van der Waals surface area (Å²) in [7, 11) is 0. The Morgan fingerprint density at radius 1 is 0.879 bits per heavy atom. The quantitative estimate of drug-likeness (QED) is 0.260. The van der Waals surface area contributed by atoms with Crippen LogP contribution >= 0.6 is 15.9 Å². The largest absolute Gasteiger partial charge is 0.488 e. The Hall–Kier alpha value is -3.90. The Bertz CT molecular complexity index is 1390. The molecule has 0 radical (unpaired) electrons. The number of benzene rings is 4. The van der Waals surface area contributed by atoms with E-state index in [0.717, 1.165) is 25.9 Å². The van der Waals surface area contributed by atoms with Crippen molar-refractivity contribution in [3.05, 3.63) is 112 Å². The Labute approximate surface area is 199 Å². The highest BCUT2D eigenvalue weighted by Crippen LogP contribution is 2.29. The van der Waals surface area contributed by atoms with Crippen molar-refractivity contribution in [2.45, 2.75) is 6.61 Å². The third-order valence-electron chi connectivity index (χ3n) is 5.42. The molecule has 5 nitrogen and oxygen atoms in total. The molecule has 1 N–H and O–H groups in total. The van der Waals surface area contributed by atoms with Gasteiger partial charge in [0.15, 0.2) is 0 Å². The minimum atomic E-state index is -0.466. The zero-order valence-electron chi connectivity index (χ0n) is 17.5. The van der Waals surface area contributed by atoms with E-state index >= 15 is 0 Å². The summed E-state index contributed by atoms with van der Waals surface area (Å²) >= 11 is 3.56. The van der Waals surface area contributed by atoms with Crippen LogP contribution in [-0.2, 0) is 11.4 Å². The molecule has 4 aromatic rings. The number of hydrogen-bond donors (Lipinski definition) is 1. The lowest BCUT2D eigenvalue weighted by Crippen LogP contribution is -2.30. The van der Waals surface area contributed by atoms with Gasteiger partial charge in [-0.2, -0.15) is 0 Å². The molecule has 0 atom stereocenters. The van der Waals surface area contributed by atoms with E-state index in [1.807, 2.05) is 42.5 Å². The normalized spacial score (nSPS) is 14.7. The topological polar surface area (TPSA) is 58.6 Å². The maximum Gasteiger partial charge on any atom is 0.333 e. The molecule has 0 aliphatic carbocycles. The van der Waals surface area contributed by atoms with Crippen molar-refractivity contribution in [2.24, 2.45) is 0 Å². The second-order valence-electron chi connectivity index (χ2n) is 7.58. The molecule has 1 aliphatic heterocycles. The Balaban J connectivity index is 1.33. The average Bonchev–Trinajstić information content (AvgIpc) is 3.11. The van der Waals surface area contributed by atoms with Crippen molar-refractivity contribution in [1.82, 2.24) is 5.32 Å². The third kappa shape index (κ3) is 4.25. The van der Waals surface area contributed by atoms with Gasteiger partial charge in [0, 0.05) is 0 Å². The second kappa shape index (κ2) is 8.92. The van der Waals surface area contributed by atoms with Crippen molar-refractivity contribution in [2.75, 3.05) is 4.90 Å². The predicted octanol–water partition coefficient (Wildman–Crippen LogP) is 6.28. The first-order valence-corrected chi connectivity index (χ1v) is 11.2. The summed E-state index contributed by atoms with van der Waals surface area (Å²) in [6.45, 7) is 0.432. The van der Waals surface area contributed by atoms with Gasteiger partial charge >= 0.3 is 6.03 Å². The first kappa shape index (κ1) is 21.0. The first-order valence-electron chi connectivity index (χ1n) is 10.4. The van der Waals surface area contributed by atoms with E-state index in [0.29, 0.717) is 18.0 Å². The van der Waals surface area contributed by atoms with Crippen LogP contribution in [-0.4, -0.2) is 11.9 Å². The standard InChI is InChI=1S/C27H19BrN2O3/c28-23-15-18(16-24-26(31)30(27(32)29-24)21-10-2-1-3-11-21)13-14-25(23)33-17-20-9-6-8-19-7-4-5-12-22(19)20/h1-16H,17H2,(H,29,32)/b24-16+. The molecule has 162 valence electrons. The number of carbonyl (C=O) groups excluding carboxylic acids is 2. The number of nitrogens with one attached hydrogen (secondary N) is 1. The zero-order valence-corrected chi connectivity index (χ0v) is 19.1. The molecule has 1 aliphatic rings. The van der Waals surface area contributed by atoms with Crippen molar-refractivity contribution in [1.29, 1.82) is 0 Å². The third-order valence-corrected chi connectivity index (χ3v) is 6.04. The molecule has 4 aromatic carbocycles. The number of ether oxygens (including phenoxy) is 1. The molecule has 0 saturated carbocycles. The van der Waals surface area contributed by atoms with Gasteiger partial charge in [-0.1, -0.05) is 66.7 Å². The van der Waals surface area contributed by atoms with Gasteiger partial charge in [-0.3, -0.25) is 4.79 Å². The molecule has 6 heteroatoms. The molecular formula is C27H19BrN2O3. The van der Waals surface area contributed by atoms with Gasteiger partial charge in [0.1, 0.15) is 18.1 Å². The van der Waals surface area contributed by atoms with Crippen LogP contribution in [0.3, 0.4) is 0 Å². The number of para-hydroxylation sites is 1. The van der Waals surface area contributed by atoms with Gasteiger partial charge in [-0.25, -0.2) is 9.69 Å². The van der Waals surface area contributed by atoms with E-state index in [1.54, 1.807) is 30.3 Å². The number of carbonyl (C=O) groups is 2. The van der Waals surface area contributed by atoms with Crippen molar-refractivity contribution in [3.63, 3.8) is 0 Å². The van der Waals surface area contributed by atoms with Crippen LogP contribution in [0, 0.1) is 0 Å². The Morgan fingerprint density at radius 2 is 1.64 bits per heavy atom. The van der Waals surface area contributed by atoms with Gasteiger partial charge in [0.05, 0.1) is 10.2 Å². The highest BCUT2D eigenvalue weighted by atomic mass is 79.9. The minimum absolute atomic E-state index is 0.222. The highest BCUT2D eigenvalue weighted by Gasteiger charge is 2.34. The number of imide groups is 1. The van der Waals surface area contributed by atoms with Gasteiger partial charge in [-0.15, -0.1) is 0 Å². The maximum atomic E-state index is 12.8. The second-order valence-corrected chi connectivity index (χ2v) is 8.44. The van der Waals surface area contributed by atoms with Crippen LogP contribution in [0.5, 0.6) is 5.75 Å². The fourth-order valence-corrected chi connectivity index (χ4v) is 4.32. The number of urea groups is 1. The van der Waals surface area contributed by atoms with E-state index in [-0.39, 0.29) is 5.70 Å².